The van der Waals surface area contributed by atoms with E-state index in [9.17, 15) is 9.59 Å². The summed E-state index contributed by atoms with van der Waals surface area (Å²) in [6.07, 6.45) is 3.69. The zero-order valence-electron chi connectivity index (χ0n) is 18.6. The Kier molecular flexibility index (Phi) is 6.35. The molecule has 0 saturated carbocycles. The Bertz CT molecular complexity index is 1050. The molecule has 0 aliphatic carbocycles. The van der Waals surface area contributed by atoms with Crippen LogP contribution in [0.4, 0.5) is 0 Å². The van der Waals surface area contributed by atoms with Gasteiger partial charge in [0.2, 0.25) is 5.78 Å². The highest BCUT2D eigenvalue weighted by Crippen LogP contribution is 2.36. The molecule has 0 aromatic heterocycles. The Morgan fingerprint density at radius 3 is 2.56 bits per heavy atom. The number of fused-ring (bicyclic) bond motifs is 1. The number of methoxy groups -OCH3 is 2. The van der Waals surface area contributed by atoms with Gasteiger partial charge >= 0.3 is 0 Å². The topological polar surface area (TPSA) is 74.3 Å². The number of piperidine rings is 1. The van der Waals surface area contributed by atoms with Crippen LogP contribution in [0.2, 0.25) is 0 Å². The smallest absolute Gasteiger partial charge is 0.260 e. The second kappa shape index (κ2) is 9.34. The first-order valence-electron chi connectivity index (χ1n) is 10.7. The van der Waals surface area contributed by atoms with Gasteiger partial charge in [0.1, 0.15) is 23.0 Å². The highest BCUT2D eigenvalue weighted by molar-refractivity contribution is 6.14. The van der Waals surface area contributed by atoms with E-state index in [1.54, 1.807) is 56.7 Å². The lowest BCUT2D eigenvalue weighted by atomic mass is 9.99. The normalized spacial score (nSPS) is 17.2. The fourth-order valence-electron chi connectivity index (χ4n) is 3.83. The van der Waals surface area contributed by atoms with E-state index in [4.69, 9.17) is 18.9 Å². The summed E-state index contributed by atoms with van der Waals surface area (Å²) in [7, 11) is 3.13. The average Bonchev–Trinajstić information content (AvgIpc) is 3.12. The van der Waals surface area contributed by atoms with Gasteiger partial charge < -0.3 is 23.8 Å². The minimum atomic E-state index is -0.220. The molecule has 1 amide bonds. The van der Waals surface area contributed by atoms with Crippen molar-refractivity contribution < 1.29 is 28.5 Å². The number of nitrogens with zero attached hydrogens (tertiary/aromatic N) is 1. The van der Waals surface area contributed by atoms with E-state index >= 15 is 0 Å². The number of carbonyl (C=O) groups is 2. The predicted octanol–water partition coefficient (Wildman–Crippen LogP) is 3.96. The zero-order valence-corrected chi connectivity index (χ0v) is 18.6. The van der Waals surface area contributed by atoms with Gasteiger partial charge in [-0.3, -0.25) is 9.59 Å². The van der Waals surface area contributed by atoms with Crippen LogP contribution in [-0.4, -0.2) is 50.5 Å². The van der Waals surface area contributed by atoms with Crippen LogP contribution in [0.15, 0.2) is 42.2 Å². The molecule has 2 aliphatic heterocycles. The summed E-state index contributed by atoms with van der Waals surface area (Å²) in [6.45, 7) is 3.71. The number of rotatable bonds is 6. The maximum Gasteiger partial charge on any atom is 0.260 e. The van der Waals surface area contributed by atoms with Crippen LogP contribution in [0.3, 0.4) is 0 Å². The number of likely N-dealkylation sites (tertiary alicyclic amines) is 1. The fraction of sp³-hybridized carbons (Fsp3) is 0.360. The molecule has 0 spiro atoms. The lowest BCUT2D eigenvalue weighted by Crippen LogP contribution is -2.40. The Hall–Kier alpha value is -3.48. The molecule has 2 aliphatic rings. The quantitative estimate of drug-likeness (QED) is 0.637. The molecule has 2 aromatic rings. The van der Waals surface area contributed by atoms with Crippen LogP contribution >= 0.6 is 0 Å². The van der Waals surface area contributed by atoms with Gasteiger partial charge in [-0.05, 0) is 49.1 Å². The minimum absolute atomic E-state index is 0.0263. The van der Waals surface area contributed by atoms with Crippen molar-refractivity contribution in [2.75, 3.05) is 33.9 Å². The molecule has 0 radical (unpaired) electrons. The number of ketones is 1. The SMILES string of the molecule is COc1ccc(C=C2Oc3cc(OCC(=O)N4CCC(C)CC4)ccc3C2=O)c(OC)c1. The summed E-state index contributed by atoms with van der Waals surface area (Å²) in [4.78, 5) is 27.0. The van der Waals surface area contributed by atoms with Crippen molar-refractivity contribution in [2.45, 2.75) is 19.8 Å². The van der Waals surface area contributed by atoms with Gasteiger partial charge in [0.15, 0.2) is 12.4 Å². The Morgan fingerprint density at radius 1 is 1.09 bits per heavy atom. The summed E-state index contributed by atoms with van der Waals surface area (Å²) in [5.41, 5.74) is 1.15. The summed E-state index contributed by atoms with van der Waals surface area (Å²) in [5.74, 6) is 2.72. The van der Waals surface area contributed by atoms with Crippen molar-refractivity contribution in [3.8, 4) is 23.0 Å². The van der Waals surface area contributed by atoms with E-state index < -0.39 is 0 Å². The van der Waals surface area contributed by atoms with E-state index in [0.717, 1.165) is 25.9 Å². The summed E-state index contributed by atoms with van der Waals surface area (Å²) in [5, 5.41) is 0. The van der Waals surface area contributed by atoms with E-state index in [1.165, 1.54) is 0 Å². The number of Topliss-reactive ketones (excluding diaryl/α,β-unsaturated/α-hetero) is 1. The number of ether oxygens (including phenoxy) is 4. The van der Waals surface area contributed by atoms with Crippen molar-refractivity contribution in [1.82, 2.24) is 4.90 Å². The van der Waals surface area contributed by atoms with Gasteiger partial charge in [-0.2, -0.15) is 0 Å². The Labute approximate surface area is 187 Å². The molecule has 0 N–H and O–H groups in total. The molecule has 0 unspecified atom stereocenters. The monoisotopic (exact) mass is 437 g/mol. The zero-order chi connectivity index (χ0) is 22.7. The largest absolute Gasteiger partial charge is 0.497 e. The molecule has 2 aromatic carbocycles. The van der Waals surface area contributed by atoms with Gasteiger partial charge in [0.25, 0.3) is 5.91 Å². The van der Waals surface area contributed by atoms with Crippen LogP contribution in [0.5, 0.6) is 23.0 Å². The highest BCUT2D eigenvalue weighted by atomic mass is 16.5. The third-order valence-corrected chi connectivity index (χ3v) is 5.87. The Balaban J connectivity index is 1.44. The molecule has 168 valence electrons. The third kappa shape index (κ3) is 4.56. The molecular weight excluding hydrogens is 410 g/mol. The van der Waals surface area contributed by atoms with Gasteiger partial charge in [0.05, 0.1) is 19.8 Å². The molecule has 7 heteroatoms. The summed E-state index contributed by atoms with van der Waals surface area (Å²) < 4.78 is 22.1. The molecule has 4 rings (SSSR count). The van der Waals surface area contributed by atoms with Gasteiger partial charge in [-0.25, -0.2) is 0 Å². The fourth-order valence-corrected chi connectivity index (χ4v) is 3.83. The van der Waals surface area contributed by atoms with E-state index in [2.05, 4.69) is 6.92 Å². The maximum absolute atomic E-state index is 12.8. The predicted molar refractivity (Wildman–Crippen MR) is 119 cm³/mol. The molecule has 7 nitrogen and oxygen atoms in total. The van der Waals surface area contributed by atoms with Crippen molar-refractivity contribution >= 4 is 17.8 Å². The number of benzene rings is 2. The molecule has 1 fully saturated rings. The van der Waals surface area contributed by atoms with E-state index in [-0.39, 0.29) is 24.1 Å². The van der Waals surface area contributed by atoms with Crippen LogP contribution < -0.4 is 18.9 Å². The molecule has 0 bridgehead atoms. The second-order valence-electron chi connectivity index (χ2n) is 8.06. The van der Waals surface area contributed by atoms with Crippen molar-refractivity contribution in [3.05, 3.63) is 53.3 Å². The number of allylic oxidation sites excluding steroid dienone is 1. The van der Waals surface area contributed by atoms with Crippen LogP contribution in [-0.2, 0) is 4.79 Å². The van der Waals surface area contributed by atoms with Crippen LogP contribution in [0, 0.1) is 5.92 Å². The van der Waals surface area contributed by atoms with E-state index in [1.807, 2.05) is 4.90 Å². The van der Waals surface area contributed by atoms with Crippen molar-refractivity contribution in [2.24, 2.45) is 5.92 Å². The van der Waals surface area contributed by atoms with Gasteiger partial charge in [-0.1, -0.05) is 6.92 Å². The molecular formula is C25H27NO6. The number of hydrogen-bond acceptors (Lipinski definition) is 6. The first-order valence-corrected chi connectivity index (χ1v) is 10.7. The van der Waals surface area contributed by atoms with Gasteiger partial charge in [0, 0.05) is 30.8 Å². The summed E-state index contributed by atoms with van der Waals surface area (Å²) >= 11 is 0. The highest BCUT2D eigenvalue weighted by Gasteiger charge is 2.28. The number of hydrogen-bond donors (Lipinski definition) is 0. The maximum atomic E-state index is 12.8. The number of carbonyl (C=O) groups excluding carboxylic acids is 2. The standard InChI is InChI=1S/C25H27NO6/c1-16-8-10-26(11-9-16)24(27)15-31-19-6-7-20-22(14-19)32-23(25(20)28)12-17-4-5-18(29-2)13-21(17)30-3/h4-7,12-14,16H,8-11,15H2,1-3H3. The lowest BCUT2D eigenvalue weighted by Gasteiger charge is -2.30. The molecule has 0 atom stereocenters. The summed E-state index contributed by atoms with van der Waals surface area (Å²) in [6, 6.07) is 10.3. The first-order chi connectivity index (χ1) is 15.5. The molecule has 1 saturated heterocycles. The average molecular weight is 437 g/mol. The van der Waals surface area contributed by atoms with Crippen LogP contribution in [0.1, 0.15) is 35.7 Å². The van der Waals surface area contributed by atoms with Crippen LogP contribution in [0.25, 0.3) is 6.08 Å². The first kappa shape index (κ1) is 21.7. The van der Waals surface area contributed by atoms with Gasteiger partial charge in [-0.15, -0.1) is 0 Å². The minimum Gasteiger partial charge on any atom is -0.497 e. The second-order valence-corrected chi connectivity index (χ2v) is 8.06. The van der Waals surface area contributed by atoms with Crippen molar-refractivity contribution in [3.63, 3.8) is 0 Å². The number of amides is 1. The Morgan fingerprint density at radius 2 is 1.84 bits per heavy atom. The third-order valence-electron chi connectivity index (χ3n) is 5.87. The molecule has 2 heterocycles. The lowest BCUT2D eigenvalue weighted by molar-refractivity contribution is -0.134. The molecule has 32 heavy (non-hydrogen) atoms. The van der Waals surface area contributed by atoms with E-state index in [0.29, 0.717) is 40.0 Å². The van der Waals surface area contributed by atoms with Crippen molar-refractivity contribution in [1.29, 1.82) is 0 Å².